The average Bonchev–Trinajstić information content (AvgIpc) is 2.17. The summed E-state index contributed by atoms with van der Waals surface area (Å²) in [4.78, 5) is 11.3. The number of carbonyl (C=O) groups is 1. The van der Waals surface area contributed by atoms with E-state index in [1.54, 1.807) is 0 Å². The molecule has 0 atom stereocenters. The fourth-order valence-electron chi connectivity index (χ4n) is 1.05. The molecule has 0 aliphatic heterocycles. The third-order valence-electron chi connectivity index (χ3n) is 1.78. The molecule has 0 aliphatic carbocycles. The Morgan fingerprint density at radius 2 is 1.87 bits per heavy atom. The highest BCUT2D eigenvalue weighted by Crippen LogP contribution is 2.15. The van der Waals surface area contributed by atoms with Crippen molar-refractivity contribution in [2.45, 2.75) is 12.7 Å². The molecule has 1 rings (SSSR count). The predicted molar refractivity (Wildman–Crippen MR) is 51.3 cm³/mol. The van der Waals surface area contributed by atoms with Crippen molar-refractivity contribution < 1.29 is 24.9 Å². The fourth-order valence-corrected chi connectivity index (χ4v) is 1.05. The van der Waals surface area contributed by atoms with Gasteiger partial charge in [-0.05, 0) is 31.2 Å². The maximum Gasteiger partial charge on any atom is 0.225 e. The van der Waals surface area contributed by atoms with Crippen LogP contribution in [0.4, 0.5) is 0 Å². The van der Waals surface area contributed by atoms with Crippen LogP contribution in [0.2, 0.25) is 0 Å². The summed E-state index contributed by atoms with van der Waals surface area (Å²) in [6.07, 6.45) is 0. The van der Waals surface area contributed by atoms with E-state index in [4.69, 9.17) is 20.1 Å². The van der Waals surface area contributed by atoms with Crippen LogP contribution in [0.5, 0.6) is 5.75 Å². The number of aliphatic hydroxyl groups is 3. The van der Waals surface area contributed by atoms with Crippen molar-refractivity contribution in [1.29, 1.82) is 0 Å². The molecule has 0 bridgehead atoms. The highest BCUT2D eigenvalue weighted by Gasteiger charge is 2.27. The van der Waals surface area contributed by atoms with E-state index >= 15 is 0 Å². The Morgan fingerprint density at radius 3 is 2.27 bits per heavy atom. The van der Waals surface area contributed by atoms with Gasteiger partial charge in [-0.3, -0.25) is 4.79 Å². The first kappa shape index (κ1) is 11.6. The van der Waals surface area contributed by atoms with Crippen LogP contribution >= 0.6 is 0 Å². The van der Waals surface area contributed by atoms with Gasteiger partial charge in [-0.1, -0.05) is 0 Å². The second kappa shape index (κ2) is 4.39. The molecule has 5 nitrogen and oxygen atoms in total. The van der Waals surface area contributed by atoms with Crippen molar-refractivity contribution in [2.75, 3.05) is 6.79 Å². The molecule has 3 N–H and O–H groups in total. The Labute approximate surface area is 86.5 Å². The number of hydrogen-bond donors (Lipinski definition) is 3. The van der Waals surface area contributed by atoms with Gasteiger partial charge in [-0.2, -0.15) is 0 Å². The minimum Gasteiger partial charge on any atom is -0.468 e. The Balaban J connectivity index is 2.85. The van der Waals surface area contributed by atoms with E-state index in [0.29, 0.717) is 5.75 Å². The molecule has 0 heterocycles. The van der Waals surface area contributed by atoms with Gasteiger partial charge in [-0.15, -0.1) is 0 Å². The largest absolute Gasteiger partial charge is 0.468 e. The summed E-state index contributed by atoms with van der Waals surface area (Å²) in [6.45, 7) is 0.540. The maximum atomic E-state index is 11.3. The molecule has 0 fully saturated rings. The molecule has 0 saturated heterocycles. The zero-order chi connectivity index (χ0) is 11.5. The lowest BCUT2D eigenvalue weighted by Crippen LogP contribution is -2.34. The van der Waals surface area contributed by atoms with E-state index in [1.807, 2.05) is 0 Å². The Bertz CT molecular complexity index is 336. The van der Waals surface area contributed by atoms with Gasteiger partial charge in [0.05, 0.1) is 0 Å². The summed E-state index contributed by atoms with van der Waals surface area (Å²) in [5.74, 6) is -2.77. The summed E-state index contributed by atoms with van der Waals surface area (Å²) in [5, 5.41) is 26.6. The van der Waals surface area contributed by atoms with E-state index in [1.165, 1.54) is 24.3 Å². The normalized spacial score (nSPS) is 11.2. The first-order chi connectivity index (χ1) is 6.95. The molecule has 0 saturated carbocycles. The predicted octanol–water partition coefficient (Wildman–Crippen LogP) is -0.101. The van der Waals surface area contributed by atoms with E-state index < -0.39 is 18.4 Å². The van der Waals surface area contributed by atoms with Gasteiger partial charge >= 0.3 is 0 Å². The Hall–Kier alpha value is -1.43. The number of rotatable bonds is 4. The molecule has 5 heteroatoms. The molecule has 0 radical (unpaired) electrons. The first-order valence-corrected chi connectivity index (χ1v) is 4.28. The van der Waals surface area contributed by atoms with Crippen LogP contribution in [0.15, 0.2) is 24.3 Å². The van der Waals surface area contributed by atoms with Crippen molar-refractivity contribution in [3.05, 3.63) is 29.8 Å². The number of hydrogen-bond acceptors (Lipinski definition) is 5. The molecule has 0 aliphatic rings. The summed E-state index contributed by atoms with van der Waals surface area (Å²) in [7, 11) is 0. The minimum absolute atomic E-state index is 0.160. The summed E-state index contributed by atoms with van der Waals surface area (Å²) in [5.41, 5.74) is 0.160. The molecule has 1 aromatic carbocycles. The molecule has 0 amide bonds. The Kier molecular flexibility index (Phi) is 3.41. The summed E-state index contributed by atoms with van der Waals surface area (Å²) < 4.78 is 4.75. The Morgan fingerprint density at radius 1 is 1.33 bits per heavy atom. The van der Waals surface area contributed by atoms with E-state index in [-0.39, 0.29) is 5.56 Å². The molecule has 1 aromatic rings. The van der Waals surface area contributed by atoms with Crippen molar-refractivity contribution in [3.63, 3.8) is 0 Å². The number of carbonyl (C=O) groups excluding carboxylic acids is 1. The number of Topliss-reactive ketones (excluding diaryl/α,β-unsaturated/α-hetero) is 1. The number of ether oxygens (including phenoxy) is 1. The van der Waals surface area contributed by atoms with Crippen molar-refractivity contribution in [2.24, 2.45) is 0 Å². The van der Waals surface area contributed by atoms with Crippen LogP contribution in [-0.4, -0.2) is 33.7 Å². The van der Waals surface area contributed by atoms with E-state index in [0.717, 1.165) is 6.92 Å². The first-order valence-electron chi connectivity index (χ1n) is 4.28. The van der Waals surface area contributed by atoms with E-state index in [9.17, 15) is 4.79 Å². The summed E-state index contributed by atoms with van der Waals surface area (Å²) >= 11 is 0. The lowest BCUT2D eigenvalue weighted by atomic mass is 10.1. The standard InChI is InChI=1S/C10H12O5/c1-10(13,14)9(12)7-2-4-8(5-3-7)15-6-11/h2-5,11,13-14H,6H2,1H3. The lowest BCUT2D eigenvalue weighted by molar-refractivity contribution is -0.106. The molecule has 0 spiro atoms. The van der Waals surface area contributed by atoms with Crippen LogP contribution < -0.4 is 4.74 Å². The van der Waals surface area contributed by atoms with Gasteiger partial charge in [0, 0.05) is 5.56 Å². The third-order valence-corrected chi connectivity index (χ3v) is 1.78. The molecule has 0 unspecified atom stereocenters. The second-order valence-electron chi connectivity index (χ2n) is 3.15. The van der Waals surface area contributed by atoms with Crippen LogP contribution in [0.25, 0.3) is 0 Å². The topological polar surface area (TPSA) is 87.0 Å². The van der Waals surface area contributed by atoms with Gasteiger partial charge in [0.1, 0.15) is 5.75 Å². The van der Waals surface area contributed by atoms with Gasteiger partial charge < -0.3 is 20.1 Å². The molecule has 82 valence electrons. The van der Waals surface area contributed by atoms with Crippen LogP contribution in [0.1, 0.15) is 17.3 Å². The van der Waals surface area contributed by atoms with Crippen molar-refractivity contribution >= 4 is 5.78 Å². The maximum absolute atomic E-state index is 11.3. The van der Waals surface area contributed by atoms with Crippen LogP contribution in [-0.2, 0) is 0 Å². The van der Waals surface area contributed by atoms with Crippen molar-refractivity contribution in [3.8, 4) is 5.75 Å². The molecule has 0 aromatic heterocycles. The monoisotopic (exact) mass is 212 g/mol. The van der Waals surface area contributed by atoms with Gasteiger partial charge in [0.15, 0.2) is 6.79 Å². The lowest BCUT2D eigenvalue weighted by Gasteiger charge is -2.14. The molecular formula is C10H12O5. The number of aliphatic hydroxyl groups excluding tert-OH is 1. The van der Waals surface area contributed by atoms with Gasteiger partial charge in [-0.25, -0.2) is 0 Å². The number of benzene rings is 1. The van der Waals surface area contributed by atoms with E-state index in [2.05, 4.69) is 0 Å². The SMILES string of the molecule is CC(O)(O)C(=O)c1ccc(OCO)cc1. The number of ketones is 1. The molecular weight excluding hydrogens is 200 g/mol. The zero-order valence-corrected chi connectivity index (χ0v) is 8.17. The highest BCUT2D eigenvalue weighted by molar-refractivity contribution is 6.00. The smallest absolute Gasteiger partial charge is 0.225 e. The highest BCUT2D eigenvalue weighted by atomic mass is 16.6. The zero-order valence-electron chi connectivity index (χ0n) is 8.17. The van der Waals surface area contributed by atoms with Crippen LogP contribution in [0.3, 0.4) is 0 Å². The minimum atomic E-state index is -2.38. The van der Waals surface area contributed by atoms with Crippen LogP contribution in [0, 0.1) is 0 Å². The fraction of sp³-hybridized carbons (Fsp3) is 0.300. The third kappa shape index (κ3) is 3.02. The second-order valence-corrected chi connectivity index (χ2v) is 3.15. The van der Waals surface area contributed by atoms with Gasteiger partial charge in [0.2, 0.25) is 11.6 Å². The summed E-state index contributed by atoms with van der Waals surface area (Å²) in [6, 6.07) is 5.68. The quantitative estimate of drug-likeness (QED) is 0.479. The van der Waals surface area contributed by atoms with Gasteiger partial charge in [0.25, 0.3) is 0 Å². The average molecular weight is 212 g/mol. The van der Waals surface area contributed by atoms with Crippen molar-refractivity contribution in [1.82, 2.24) is 0 Å². The molecule has 15 heavy (non-hydrogen) atoms.